The zero-order valence-corrected chi connectivity index (χ0v) is 23.3. The van der Waals surface area contributed by atoms with E-state index in [4.69, 9.17) is 0 Å². The number of nitrogens with two attached hydrogens (primary N) is 1. The normalized spacial score (nSPS) is 9.92. The highest BCUT2D eigenvalue weighted by atomic mass is 31.0. The molecule has 0 saturated carbocycles. The number of aryl methyl sites for hydroxylation is 1. The van der Waals surface area contributed by atoms with Crippen LogP contribution in [0.15, 0.2) is 82.4 Å². The topological polar surface area (TPSA) is 99.5 Å². The molecule has 4 rings (SSSR count). The van der Waals surface area contributed by atoms with E-state index in [1.54, 1.807) is 31.2 Å². The van der Waals surface area contributed by atoms with Gasteiger partial charge in [-0.25, -0.2) is 15.1 Å². The number of hydrogen-bond donors (Lipinski definition) is 2. The molecule has 0 bridgehead atoms. The standard InChI is InChI=1S/C26H24FN2O3P.C2H6.CH5NO.CH4/c1-17-24(19-10-12-20(30)13-11-19)25(31)28(15-14-18-6-3-2-4-7-18)26(32)29(17)16-21-22(27)8-5-9-23(21)33;1-2;1-3-2;/h2-13,30H,14-16,33H2,1H3;1-2H3;2H2,1H3;1H4. The summed E-state index contributed by atoms with van der Waals surface area (Å²) in [4.78, 5) is 30.7. The van der Waals surface area contributed by atoms with Gasteiger partial charge in [0, 0.05) is 17.8 Å². The lowest BCUT2D eigenvalue weighted by molar-refractivity contribution is 0.206. The Morgan fingerprint density at radius 3 is 2.10 bits per heavy atom. The Morgan fingerprint density at radius 1 is 0.949 bits per heavy atom. The van der Waals surface area contributed by atoms with Crippen molar-refractivity contribution in [3.8, 4) is 16.9 Å². The van der Waals surface area contributed by atoms with Gasteiger partial charge in [0.1, 0.15) is 11.6 Å². The summed E-state index contributed by atoms with van der Waals surface area (Å²) in [5.74, 6) is 4.01. The first kappa shape index (κ1) is 33.4. The summed E-state index contributed by atoms with van der Waals surface area (Å²) in [6.45, 7) is 5.88. The van der Waals surface area contributed by atoms with Crippen molar-refractivity contribution >= 4 is 14.5 Å². The van der Waals surface area contributed by atoms with E-state index in [1.807, 2.05) is 44.2 Å². The summed E-state index contributed by atoms with van der Waals surface area (Å²) in [7, 11) is 3.90. The fourth-order valence-corrected chi connectivity index (χ4v) is 4.27. The molecule has 39 heavy (non-hydrogen) atoms. The second-order valence-corrected chi connectivity index (χ2v) is 8.73. The van der Waals surface area contributed by atoms with E-state index in [0.29, 0.717) is 34.1 Å². The van der Waals surface area contributed by atoms with E-state index in [2.05, 4.69) is 20.0 Å². The molecule has 7 nitrogen and oxygen atoms in total. The molecule has 0 fully saturated rings. The van der Waals surface area contributed by atoms with Crippen LogP contribution in [0.5, 0.6) is 5.75 Å². The minimum Gasteiger partial charge on any atom is -0.508 e. The van der Waals surface area contributed by atoms with Crippen molar-refractivity contribution in [1.82, 2.24) is 9.13 Å². The van der Waals surface area contributed by atoms with Crippen LogP contribution in [0.3, 0.4) is 0 Å². The molecule has 1 atom stereocenters. The van der Waals surface area contributed by atoms with Gasteiger partial charge in [-0.2, -0.15) is 0 Å². The maximum atomic E-state index is 14.6. The highest BCUT2D eigenvalue weighted by Gasteiger charge is 2.19. The number of aromatic hydroxyl groups is 1. The quantitative estimate of drug-likeness (QED) is 0.263. The van der Waals surface area contributed by atoms with Crippen molar-refractivity contribution in [3.63, 3.8) is 0 Å². The molecule has 0 amide bonds. The molecule has 1 unspecified atom stereocenters. The van der Waals surface area contributed by atoms with E-state index in [0.717, 1.165) is 5.56 Å². The van der Waals surface area contributed by atoms with Crippen LogP contribution in [0.25, 0.3) is 11.1 Å². The molecule has 1 aromatic heterocycles. The molecular weight excluding hydrogens is 516 g/mol. The average molecular weight is 556 g/mol. The first-order valence-electron chi connectivity index (χ1n) is 12.2. The van der Waals surface area contributed by atoms with Gasteiger partial charge in [0.25, 0.3) is 5.56 Å². The predicted octanol–water partition coefficient (Wildman–Crippen LogP) is 4.79. The van der Waals surface area contributed by atoms with Gasteiger partial charge in [-0.15, -0.1) is 9.24 Å². The lowest BCUT2D eigenvalue weighted by atomic mass is 10.0. The van der Waals surface area contributed by atoms with Crippen molar-refractivity contribution in [1.29, 1.82) is 0 Å². The second kappa shape index (κ2) is 16.4. The maximum Gasteiger partial charge on any atom is 0.331 e. The van der Waals surface area contributed by atoms with Crippen LogP contribution >= 0.6 is 9.24 Å². The first-order valence-corrected chi connectivity index (χ1v) is 12.8. The van der Waals surface area contributed by atoms with Crippen molar-refractivity contribution in [2.75, 3.05) is 7.11 Å². The van der Waals surface area contributed by atoms with Crippen LogP contribution in [-0.2, 0) is 24.3 Å². The lowest BCUT2D eigenvalue weighted by Crippen LogP contribution is -2.43. The van der Waals surface area contributed by atoms with Crippen LogP contribution < -0.4 is 22.5 Å². The molecule has 4 aromatic rings. The summed E-state index contributed by atoms with van der Waals surface area (Å²) in [5, 5.41) is 10.3. The number of phenolic OH excluding ortho intramolecular Hbond substituents is 1. The summed E-state index contributed by atoms with van der Waals surface area (Å²) >= 11 is 0. The molecular formula is C30H39FN3O4P. The minimum atomic E-state index is -0.483. The van der Waals surface area contributed by atoms with E-state index < -0.39 is 17.1 Å². The minimum absolute atomic E-state index is 0. The molecule has 0 aliphatic heterocycles. The molecule has 9 heteroatoms. The highest BCUT2D eigenvalue weighted by molar-refractivity contribution is 7.27. The number of rotatable bonds is 6. The number of hydrogen-bond acceptors (Lipinski definition) is 5. The maximum absolute atomic E-state index is 14.6. The van der Waals surface area contributed by atoms with Gasteiger partial charge in [-0.05, 0) is 48.0 Å². The van der Waals surface area contributed by atoms with Gasteiger partial charge in [-0.1, -0.05) is 75.9 Å². The van der Waals surface area contributed by atoms with E-state index >= 15 is 0 Å². The zero-order valence-electron chi connectivity index (χ0n) is 22.1. The molecule has 3 N–H and O–H groups in total. The Balaban J connectivity index is 0.00000119. The molecule has 0 spiro atoms. The Morgan fingerprint density at radius 2 is 1.54 bits per heavy atom. The number of benzene rings is 3. The van der Waals surface area contributed by atoms with Crippen LogP contribution in [0, 0.1) is 12.7 Å². The molecule has 210 valence electrons. The van der Waals surface area contributed by atoms with Crippen LogP contribution in [0.1, 0.15) is 38.1 Å². The Hall–Kier alpha value is -3.58. The third-order valence-electron chi connectivity index (χ3n) is 5.78. The summed E-state index contributed by atoms with van der Waals surface area (Å²) in [6, 6.07) is 20.6. The summed E-state index contributed by atoms with van der Waals surface area (Å²) in [6.07, 6.45) is 0.503. The fraction of sp³-hybridized carbons (Fsp3) is 0.267. The fourth-order valence-electron chi connectivity index (χ4n) is 3.93. The molecule has 3 aromatic carbocycles. The van der Waals surface area contributed by atoms with Crippen molar-refractivity contribution < 1.29 is 14.3 Å². The van der Waals surface area contributed by atoms with E-state index in [1.165, 1.54) is 34.4 Å². The number of nitrogens with zero attached hydrogens (tertiary/aromatic N) is 2. The lowest BCUT2D eigenvalue weighted by Gasteiger charge is -2.19. The van der Waals surface area contributed by atoms with E-state index in [9.17, 15) is 19.1 Å². The zero-order chi connectivity index (χ0) is 28.2. The first-order chi connectivity index (χ1) is 18.3. The number of phenols is 1. The molecule has 0 saturated heterocycles. The van der Waals surface area contributed by atoms with Crippen molar-refractivity contribution in [2.24, 2.45) is 5.90 Å². The SMILES string of the molecule is C.CC.CON.Cc1c(-c2ccc(O)cc2)c(=O)n(CCc2ccccc2)c(=O)n1Cc1c(F)cccc1P. The molecule has 1 heterocycles. The average Bonchev–Trinajstić information content (AvgIpc) is 2.91. The van der Waals surface area contributed by atoms with Gasteiger partial charge in [0.15, 0.2) is 0 Å². The second-order valence-electron chi connectivity index (χ2n) is 8.11. The molecule has 0 aliphatic rings. The van der Waals surface area contributed by atoms with Crippen molar-refractivity contribution in [2.45, 2.75) is 47.7 Å². The van der Waals surface area contributed by atoms with Gasteiger partial charge >= 0.3 is 5.69 Å². The highest BCUT2D eigenvalue weighted by Crippen LogP contribution is 2.22. The van der Waals surface area contributed by atoms with E-state index in [-0.39, 0.29) is 26.3 Å². The third kappa shape index (κ3) is 8.45. The smallest absolute Gasteiger partial charge is 0.331 e. The number of halogens is 1. The van der Waals surface area contributed by atoms with Crippen LogP contribution in [-0.4, -0.2) is 21.4 Å². The van der Waals surface area contributed by atoms with Gasteiger partial charge < -0.3 is 9.94 Å². The predicted molar refractivity (Wildman–Crippen MR) is 161 cm³/mol. The Kier molecular flexibility index (Phi) is 14.1. The third-order valence-corrected chi connectivity index (χ3v) is 6.32. The van der Waals surface area contributed by atoms with Gasteiger partial charge in [-0.3, -0.25) is 13.9 Å². The summed E-state index contributed by atoms with van der Waals surface area (Å²) in [5.41, 5.74) is 1.86. The Bertz CT molecular complexity index is 1420. The largest absolute Gasteiger partial charge is 0.508 e. The summed E-state index contributed by atoms with van der Waals surface area (Å²) < 4.78 is 17.3. The monoisotopic (exact) mass is 555 g/mol. The number of aromatic nitrogens is 2. The molecule has 0 radical (unpaired) electrons. The molecule has 0 aliphatic carbocycles. The van der Waals surface area contributed by atoms with Gasteiger partial charge in [0.05, 0.1) is 19.2 Å². The van der Waals surface area contributed by atoms with Crippen molar-refractivity contribution in [3.05, 3.63) is 116 Å². The Labute approximate surface area is 231 Å². The van der Waals surface area contributed by atoms with Crippen LogP contribution in [0.2, 0.25) is 0 Å². The van der Waals surface area contributed by atoms with Gasteiger partial charge in [0.2, 0.25) is 0 Å². The van der Waals surface area contributed by atoms with Crippen LogP contribution in [0.4, 0.5) is 4.39 Å².